The summed E-state index contributed by atoms with van der Waals surface area (Å²) < 4.78 is 23.3. The van der Waals surface area contributed by atoms with Gasteiger partial charge in [-0.3, -0.25) is 9.59 Å². The van der Waals surface area contributed by atoms with Crippen molar-refractivity contribution >= 4 is 33.3 Å². The minimum absolute atomic E-state index is 0.0675. The molecule has 3 rings (SSSR count). The van der Waals surface area contributed by atoms with Crippen molar-refractivity contribution in [2.75, 3.05) is 11.5 Å². The number of rotatable bonds is 6. The summed E-state index contributed by atoms with van der Waals surface area (Å²) in [6.07, 6.45) is 0.683. The van der Waals surface area contributed by atoms with E-state index in [1.165, 1.54) is 0 Å². The highest BCUT2D eigenvalue weighted by Crippen LogP contribution is 2.13. The summed E-state index contributed by atoms with van der Waals surface area (Å²) in [7, 11) is -3.11. The second-order valence-corrected chi connectivity index (χ2v) is 9.50. The smallest absolute Gasteiger partial charge is 0.251 e. The third-order valence-corrected chi connectivity index (χ3v) is 6.61. The molecule has 1 aliphatic heterocycles. The van der Waals surface area contributed by atoms with Gasteiger partial charge in [0.15, 0.2) is 9.84 Å². The minimum Gasteiger partial charge on any atom is -0.351 e. The molecule has 0 saturated carbocycles. The molecule has 8 heteroatoms. The highest BCUT2D eigenvalue weighted by Gasteiger charge is 2.31. The van der Waals surface area contributed by atoms with Crippen molar-refractivity contribution in [1.82, 2.24) is 10.6 Å². The first-order valence-corrected chi connectivity index (χ1v) is 11.1. The van der Waals surface area contributed by atoms with Crippen LogP contribution < -0.4 is 10.6 Å². The molecule has 2 aromatic rings. The number of hydrogen-bond donors (Lipinski definition) is 2. The van der Waals surface area contributed by atoms with Gasteiger partial charge in [0.25, 0.3) is 5.91 Å². The van der Waals surface area contributed by atoms with Crippen molar-refractivity contribution in [3.63, 3.8) is 0 Å². The van der Waals surface area contributed by atoms with E-state index >= 15 is 0 Å². The van der Waals surface area contributed by atoms with E-state index in [0.717, 1.165) is 5.56 Å². The van der Waals surface area contributed by atoms with Crippen molar-refractivity contribution in [2.24, 2.45) is 0 Å². The van der Waals surface area contributed by atoms with Crippen LogP contribution in [0.4, 0.5) is 0 Å². The van der Waals surface area contributed by atoms with E-state index in [1.807, 2.05) is 30.3 Å². The topological polar surface area (TPSA) is 92.3 Å². The second-order valence-electron chi connectivity index (χ2n) is 6.83. The van der Waals surface area contributed by atoms with Crippen LogP contribution in [-0.4, -0.2) is 43.8 Å². The van der Waals surface area contributed by atoms with Crippen LogP contribution in [-0.2, 0) is 21.1 Å². The summed E-state index contributed by atoms with van der Waals surface area (Å²) in [4.78, 5) is 25.4. The maximum atomic E-state index is 12.8. The van der Waals surface area contributed by atoms with Crippen LogP contribution in [0, 0.1) is 0 Å². The first kappa shape index (κ1) is 20.4. The number of sulfone groups is 1. The molecule has 0 spiro atoms. The molecule has 2 aromatic carbocycles. The number of halogens is 1. The van der Waals surface area contributed by atoms with E-state index in [-0.39, 0.29) is 11.5 Å². The molecule has 1 saturated heterocycles. The molecule has 1 aliphatic rings. The van der Waals surface area contributed by atoms with Crippen molar-refractivity contribution in [3.8, 4) is 0 Å². The Morgan fingerprint density at radius 2 is 1.75 bits per heavy atom. The van der Waals surface area contributed by atoms with E-state index in [0.29, 0.717) is 23.4 Å². The molecule has 1 fully saturated rings. The van der Waals surface area contributed by atoms with E-state index < -0.39 is 33.7 Å². The normalized spacial score (nSPS) is 19.0. The highest BCUT2D eigenvalue weighted by atomic mass is 35.5. The van der Waals surface area contributed by atoms with E-state index in [1.54, 1.807) is 24.3 Å². The Hall–Kier alpha value is -2.38. The van der Waals surface area contributed by atoms with E-state index in [9.17, 15) is 18.0 Å². The van der Waals surface area contributed by atoms with Gasteiger partial charge in [-0.05, 0) is 36.2 Å². The minimum atomic E-state index is -3.11. The Bertz CT molecular complexity index is 946. The molecular formula is C20H21ClN2O4S. The summed E-state index contributed by atoms with van der Waals surface area (Å²) in [6, 6.07) is 14.4. The molecule has 0 aromatic heterocycles. The lowest BCUT2D eigenvalue weighted by Crippen LogP contribution is -2.51. The Morgan fingerprint density at radius 1 is 1.07 bits per heavy atom. The zero-order chi connectivity index (χ0) is 20.1. The van der Waals surface area contributed by atoms with Crippen LogP contribution in [0.25, 0.3) is 0 Å². The number of benzene rings is 2. The number of carbonyl (C=O) groups excluding carboxylic acids is 2. The molecule has 0 radical (unpaired) electrons. The SMILES string of the molecule is O=C(NC(Cc1ccccc1)C(=O)NC1CCS(=O)(=O)C1)c1ccc(Cl)cc1. The summed E-state index contributed by atoms with van der Waals surface area (Å²) in [5, 5.41) is 6.03. The van der Waals surface area contributed by atoms with Crippen molar-refractivity contribution < 1.29 is 18.0 Å². The van der Waals surface area contributed by atoms with Gasteiger partial charge in [-0.15, -0.1) is 0 Å². The van der Waals surface area contributed by atoms with Crippen LogP contribution in [0.2, 0.25) is 5.02 Å². The highest BCUT2D eigenvalue weighted by molar-refractivity contribution is 7.91. The summed E-state index contributed by atoms with van der Waals surface area (Å²) in [5.74, 6) is -0.791. The quantitative estimate of drug-likeness (QED) is 0.747. The van der Waals surface area contributed by atoms with Crippen LogP contribution in [0.5, 0.6) is 0 Å². The molecule has 1 heterocycles. The Morgan fingerprint density at radius 3 is 2.36 bits per heavy atom. The lowest BCUT2D eigenvalue weighted by molar-refractivity contribution is -0.123. The van der Waals surface area contributed by atoms with Gasteiger partial charge in [0.05, 0.1) is 11.5 Å². The fourth-order valence-electron chi connectivity index (χ4n) is 3.11. The van der Waals surface area contributed by atoms with E-state index in [4.69, 9.17) is 11.6 Å². The molecule has 0 bridgehead atoms. The Balaban J connectivity index is 1.73. The molecule has 2 amide bonds. The number of hydrogen-bond acceptors (Lipinski definition) is 4. The number of nitrogens with one attached hydrogen (secondary N) is 2. The molecule has 2 unspecified atom stereocenters. The second kappa shape index (κ2) is 8.75. The number of amides is 2. The lowest BCUT2D eigenvalue weighted by atomic mass is 10.0. The Labute approximate surface area is 169 Å². The zero-order valence-corrected chi connectivity index (χ0v) is 16.7. The van der Waals surface area contributed by atoms with Gasteiger partial charge in [-0.2, -0.15) is 0 Å². The Kier molecular flexibility index (Phi) is 6.36. The standard InChI is InChI=1S/C20H21ClN2O4S/c21-16-8-6-15(7-9-16)19(24)23-18(12-14-4-2-1-3-5-14)20(25)22-17-10-11-28(26,27)13-17/h1-9,17-18H,10-13H2,(H,22,25)(H,23,24). The first-order valence-electron chi connectivity index (χ1n) is 8.93. The third-order valence-electron chi connectivity index (χ3n) is 4.59. The molecule has 2 atom stereocenters. The molecule has 2 N–H and O–H groups in total. The van der Waals surface area contributed by atoms with Gasteiger partial charge in [0.2, 0.25) is 5.91 Å². The monoisotopic (exact) mass is 420 g/mol. The van der Waals surface area contributed by atoms with Gasteiger partial charge < -0.3 is 10.6 Å². The maximum Gasteiger partial charge on any atom is 0.251 e. The molecular weight excluding hydrogens is 400 g/mol. The maximum absolute atomic E-state index is 12.8. The molecule has 6 nitrogen and oxygen atoms in total. The zero-order valence-electron chi connectivity index (χ0n) is 15.1. The van der Waals surface area contributed by atoms with Gasteiger partial charge >= 0.3 is 0 Å². The fourth-order valence-corrected chi connectivity index (χ4v) is 4.91. The largest absolute Gasteiger partial charge is 0.351 e. The molecule has 148 valence electrons. The van der Waals surface area contributed by atoms with Gasteiger partial charge in [0, 0.05) is 23.0 Å². The summed E-state index contributed by atoms with van der Waals surface area (Å²) in [5.41, 5.74) is 1.27. The van der Waals surface area contributed by atoms with Gasteiger partial charge in [-0.25, -0.2) is 8.42 Å². The summed E-state index contributed by atoms with van der Waals surface area (Å²) in [6.45, 7) is 0. The summed E-state index contributed by atoms with van der Waals surface area (Å²) >= 11 is 5.85. The molecule has 0 aliphatic carbocycles. The fraction of sp³-hybridized carbons (Fsp3) is 0.300. The number of carbonyl (C=O) groups is 2. The average molecular weight is 421 g/mol. The van der Waals surface area contributed by atoms with Crippen molar-refractivity contribution in [1.29, 1.82) is 0 Å². The van der Waals surface area contributed by atoms with Crippen LogP contribution >= 0.6 is 11.6 Å². The van der Waals surface area contributed by atoms with Gasteiger partial charge in [0.1, 0.15) is 6.04 Å². The van der Waals surface area contributed by atoms with Crippen LogP contribution in [0.1, 0.15) is 22.3 Å². The predicted molar refractivity (Wildman–Crippen MR) is 108 cm³/mol. The van der Waals surface area contributed by atoms with E-state index in [2.05, 4.69) is 10.6 Å². The van der Waals surface area contributed by atoms with Crippen molar-refractivity contribution in [3.05, 3.63) is 70.7 Å². The van der Waals surface area contributed by atoms with Crippen molar-refractivity contribution in [2.45, 2.75) is 24.9 Å². The van der Waals surface area contributed by atoms with Gasteiger partial charge in [-0.1, -0.05) is 41.9 Å². The predicted octanol–water partition coefficient (Wildman–Crippen LogP) is 1.98. The average Bonchev–Trinajstić information content (AvgIpc) is 3.00. The lowest BCUT2D eigenvalue weighted by Gasteiger charge is -2.21. The van der Waals surface area contributed by atoms with Crippen LogP contribution in [0.15, 0.2) is 54.6 Å². The van der Waals surface area contributed by atoms with Crippen LogP contribution in [0.3, 0.4) is 0 Å². The molecule has 28 heavy (non-hydrogen) atoms. The third kappa shape index (κ3) is 5.56. The first-order chi connectivity index (χ1) is 13.3.